The summed E-state index contributed by atoms with van der Waals surface area (Å²) in [6, 6.07) is 5.35. The van der Waals surface area contributed by atoms with E-state index in [2.05, 4.69) is 21.4 Å². The van der Waals surface area contributed by atoms with E-state index in [0.717, 1.165) is 0 Å². The van der Waals surface area contributed by atoms with Crippen molar-refractivity contribution in [3.63, 3.8) is 0 Å². The first-order valence-corrected chi connectivity index (χ1v) is 8.69. The van der Waals surface area contributed by atoms with E-state index in [0.29, 0.717) is 39.8 Å². The Morgan fingerprint density at radius 2 is 2.07 bits per heavy atom. The van der Waals surface area contributed by atoms with Crippen LogP contribution in [-0.2, 0) is 4.79 Å². The molecule has 1 fully saturated rings. The molecule has 1 aromatic carbocycles. The van der Waals surface area contributed by atoms with E-state index in [1.807, 2.05) is 0 Å². The molecule has 0 spiro atoms. The molecule has 0 bridgehead atoms. The molecule has 1 amide bonds. The van der Waals surface area contributed by atoms with Gasteiger partial charge in [0, 0.05) is 28.9 Å². The number of carbonyl (C=O) groups excluding carboxylic acids is 1. The molecule has 2 heterocycles. The van der Waals surface area contributed by atoms with Gasteiger partial charge in [0.1, 0.15) is 5.82 Å². The number of rotatable bonds is 3. The van der Waals surface area contributed by atoms with Gasteiger partial charge in [-0.05, 0) is 36.4 Å². The van der Waals surface area contributed by atoms with Crippen LogP contribution in [0.2, 0.25) is 0 Å². The van der Waals surface area contributed by atoms with E-state index in [-0.39, 0.29) is 29.0 Å². The number of fused-ring (bicyclic) bond motifs is 1. The largest absolute Gasteiger partial charge is 0.397 e. The fourth-order valence-electron chi connectivity index (χ4n) is 3.22. The number of carbonyl (C=O) groups is 1. The Bertz CT molecular complexity index is 1170. The smallest absolute Gasteiger partial charge is 0.230 e. The first-order valence-electron chi connectivity index (χ1n) is 8.69. The number of nitrogens with one attached hydrogen (secondary N) is 1. The van der Waals surface area contributed by atoms with Crippen LogP contribution in [0, 0.1) is 35.9 Å². The van der Waals surface area contributed by atoms with Crippen LogP contribution in [0.25, 0.3) is 21.9 Å². The van der Waals surface area contributed by atoms with Crippen LogP contribution in [-0.4, -0.2) is 15.9 Å². The molecule has 7 nitrogen and oxygen atoms in total. The van der Waals surface area contributed by atoms with Gasteiger partial charge < -0.3 is 16.8 Å². The molecule has 0 radical (unpaired) electrons. The van der Waals surface area contributed by atoms with Crippen LogP contribution in [0.5, 0.6) is 0 Å². The Hall–Kier alpha value is -3.73. The third kappa shape index (κ3) is 2.87. The highest BCUT2D eigenvalue weighted by Crippen LogP contribution is 2.39. The first-order chi connectivity index (χ1) is 13.4. The summed E-state index contributed by atoms with van der Waals surface area (Å²) in [5, 5.41) is 12.6. The van der Waals surface area contributed by atoms with Crippen LogP contribution in [0.1, 0.15) is 12.0 Å². The van der Waals surface area contributed by atoms with Crippen LogP contribution in [0.3, 0.4) is 0 Å². The number of nitrogen functional groups attached to an aromatic ring is 2. The third-order valence-corrected chi connectivity index (χ3v) is 5.09. The number of halogens is 1. The van der Waals surface area contributed by atoms with Crippen molar-refractivity contribution in [2.45, 2.75) is 13.3 Å². The van der Waals surface area contributed by atoms with Crippen LogP contribution < -0.4 is 16.8 Å². The number of nitriles is 1. The summed E-state index contributed by atoms with van der Waals surface area (Å²) in [5.74, 6) is -1.05. The normalized spacial score (nSPS) is 17.9. The monoisotopic (exact) mass is 376 g/mol. The van der Waals surface area contributed by atoms with Gasteiger partial charge in [-0.3, -0.25) is 9.78 Å². The van der Waals surface area contributed by atoms with E-state index in [9.17, 15) is 9.18 Å². The number of hydrogen-bond donors (Lipinski definition) is 3. The van der Waals surface area contributed by atoms with Crippen molar-refractivity contribution in [3.05, 3.63) is 42.1 Å². The van der Waals surface area contributed by atoms with Gasteiger partial charge in [0.2, 0.25) is 5.91 Å². The number of nitrogens with zero attached hydrogens (tertiary/aromatic N) is 3. The summed E-state index contributed by atoms with van der Waals surface area (Å²) in [7, 11) is 0. The van der Waals surface area contributed by atoms with E-state index < -0.39 is 5.82 Å². The molecule has 1 aliphatic carbocycles. The number of nitrogens with two attached hydrogens (primary N) is 2. The topological polar surface area (TPSA) is 131 Å². The molecule has 0 aliphatic heterocycles. The molecule has 28 heavy (non-hydrogen) atoms. The molecular formula is C20H17FN6O. The van der Waals surface area contributed by atoms with Crippen molar-refractivity contribution < 1.29 is 9.18 Å². The zero-order chi connectivity index (χ0) is 20.0. The second kappa shape index (κ2) is 6.46. The van der Waals surface area contributed by atoms with E-state index >= 15 is 0 Å². The molecule has 1 aliphatic rings. The zero-order valence-corrected chi connectivity index (χ0v) is 15.0. The second-order valence-corrected chi connectivity index (χ2v) is 6.91. The highest BCUT2D eigenvalue weighted by molar-refractivity contribution is 6.00. The average Bonchev–Trinajstić information content (AvgIpc) is 3.47. The first kappa shape index (κ1) is 17.7. The summed E-state index contributed by atoms with van der Waals surface area (Å²) < 4.78 is 14.9. The van der Waals surface area contributed by atoms with Gasteiger partial charge in [0.05, 0.1) is 35.5 Å². The summed E-state index contributed by atoms with van der Waals surface area (Å²) in [5.41, 5.74) is 13.8. The van der Waals surface area contributed by atoms with Crippen LogP contribution in [0.4, 0.5) is 21.6 Å². The maximum Gasteiger partial charge on any atom is 0.230 e. The van der Waals surface area contributed by atoms with Crippen LogP contribution in [0.15, 0.2) is 30.7 Å². The summed E-state index contributed by atoms with van der Waals surface area (Å²) >= 11 is 0. The lowest BCUT2D eigenvalue weighted by atomic mass is 9.97. The standard InChI is InChI=1S/C20H17FN6O/c1-9-14(6-25-8-16(9)23)13-2-10-4-17(26-7-15(10)19(24)18(13)21)27-20(28)12-3-11(12)5-22/h2,4,6-8,11-12H,3,23-24H2,1H3,(H,26,27,28)/t11-,12+/m0/s1. The predicted octanol–water partition coefficient (Wildman–Crippen LogP) is 3.01. The highest BCUT2D eigenvalue weighted by atomic mass is 19.1. The van der Waals surface area contributed by atoms with Gasteiger partial charge in [-0.15, -0.1) is 0 Å². The Morgan fingerprint density at radius 1 is 1.29 bits per heavy atom. The third-order valence-electron chi connectivity index (χ3n) is 5.09. The van der Waals surface area contributed by atoms with Gasteiger partial charge >= 0.3 is 0 Å². The van der Waals surface area contributed by atoms with Crippen LogP contribution >= 0.6 is 0 Å². The lowest BCUT2D eigenvalue weighted by Crippen LogP contribution is -2.15. The zero-order valence-electron chi connectivity index (χ0n) is 15.0. The van der Waals surface area contributed by atoms with Crippen molar-refractivity contribution in [1.82, 2.24) is 9.97 Å². The molecule has 4 rings (SSSR count). The average molecular weight is 376 g/mol. The highest BCUT2D eigenvalue weighted by Gasteiger charge is 2.43. The molecular weight excluding hydrogens is 359 g/mol. The number of amides is 1. The minimum Gasteiger partial charge on any atom is -0.397 e. The van der Waals surface area contributed by atoms with E-state index in [1.165, 1.54) is 18.6 Å². The number of aromatic nitrogens is 2. The van der Waals surface area contributed by atoms with Crippen molar-refractivity contribution >= 4 is 33.9 Å². The van der Waals surface area contributed by atoms with Crippen molar-refractivity contribution in [2.24, 2.45) is 11.8 Å². The SMILES string of the molecule is Cc1c(N)cncc1-c1cc2cc(NC(=O)[C@@H]3C[C@H]3C#N)ncc2c(N)c1F. The summed E-state index contributed by atoms with van der Waals surface area (Å²) in [6.07, 6.45) is 5.02. The maximum absolute atomic E-state index is 14.9. The minimum absolute atomic E-state index is 0.0357. The lowest BCUT2D eigenvalue weighted by Gasteiger charge is -2.13. The van der Waals surface area contributed by atoms with Gasteiger partial charge in [-0.25, -0.2) is 9.37 Å². The van der Waals surface area contributed by atoms with E-state index in [4.69, 9.17) is 16.7 Å². The second-order valence-electron chi connectivity index (χ2n) is 6.91. The Kier molecular flexibility index (Phi) is 4.08. The lowest BCUT2D eigenvalue weighted by molar-refractivity contribution is -0.117. The Balaban J connectivity index is 1.76. The Labute approximate surface area is 160 Å². The van der Waals surface area contributed by atoms with Crippen molar-refractivity contribution in [1.29, 1.82) is 5.26 Å². The van der Waals surface area contributed by atoms with Crippen molar-refractivity contribution in [3.8, 4) is 17.2 Å². The van der Waals surface area contributed by atoms with Gasteiger partial charge in [-0.1, -0.05) is 0 Å². The van der Waals surface area contributed by atoms with Crippen molar-refractivity contribution in [2.75, 3.05) is 16.8 Å². The molecule has 8 heteroatoms. The molecule has 0 unspecified atom stereocenters. The minimum atomic E-state index is -0.573. The predicted molar refractivity (Wildman–Crippen MR) is 104 cm³/mol. The van der Waals surface area contributed by atoms with Gasteiger partial charge in [0.15, 0.2) is 5.82 Å². The Morgan fingerprint density at radius 3 is 2.79 bits per heavy atom. The van der Waals surface area contributed by atoms with Gasteiger partial charge in [-0.2, -0.15) is 5.26 Å². The molecule has 1 saturated carbocycles. The fourth-order valence-corrected chi connectivity index (χ4v) is 3.22. The maximum atomic E-state index is 14.9. The summed E-state index contributed by atoms with van der Waals surface area (Å²) in [4.78, 5) is 20.4. The number of anilines is 3. The quantitative estimate of drug-likeness (QED) is 0.602. The molecule has 140 valence electrons. The molecule has 2 atom stereocenters. The van der Waals surface area contributed by atoms with E-state index in [1.54, 1.807) is 19.1 Å². The number of hydrogen-bond acceptors (Lipinski definition) is 6. The summed E-state index contributed by atoms with van der Waals surface area (Å²) in [6.45, 7) is 1.78. The fraction of sp³-hybridized carbons (Fsp3) is 0.200. The van der Waals surface area contributed by atoms with Gasteiger partial charge in [0.25, 0.3) is 0 Å². The number of benzene rings is 1. The molecule has 5 N–H and O–H groups in total. The molecule has 0 saturated heterocycles. The molecule has 3 aromatic rings. The molecule has 2 aromatic heterocycles. The number of pyridine rings is 2.